The Morgan fingerprint density at radius 3 is 1.56 bits per heavy atom. The number of fused-ring (bicyclic) bond motifs is 13. The van der Waals surface area contributed by atoms with Crippen LogP contribution in [0.1, 0.15) is 27.8 Å². The highest BCUT2D eigenvalue weighted by Gasteiger charge is 2.38. The highest BCUT2D eigenvalue weighted by Crippen LogP contribution is 2.63. The number of thiophene rings is 2. The maximum absolute atomic E-state index is 9.97. The number of benzene rings is 4. The van der Waals surface area contributed by atoms with E-state index in [4.69, 9.17) is 0 Å². The minimum atomic E-state index is 0.141. The summed E-state index contributed by atoms with van der Waals surface area (Å²) in [5.41, 5.74) is 9.17. The second kappa shape index (κ2) is 7.76. The molecule has 178 valence electrons. The maximum Gasteiger partial charge on any atom is 0.138 e. The van der Waals surface area contributed by atoms with Gasteiger partial charge in [-0.2, -0.15) is 15.8 Å². The molecule has 0 radical (unpaired) electrons. The minimum Gasteiger partial charge on any atom is -0.193 e. The molecule has 2 heterocycles. The molecular weight excluding hydrogens is 515 g/mol. The molecule has 0 saturated heterocycles. The van der Waals surface area contributed by atoms with Crippen LogP contribution in [0.4, 0.5) is 0 Å². The first-order valence-corrected chi connectivity index (χ1v) is 14.1. The van der Waals surface area contributed by atoms with Gasteiger partial charge in [-0.05, 0) is 39.6 Å². The lowest BCUT2D eigenvalue weighted by molar-refractivity contribution is 1.45. The quantitative estimate of drug-likeness (QED) is 0.184. The Morgan fingerprint density at radius 1 is 0.564 bits per heavy atom. The molecule has 0 bridgehead atoms. The van der Waals surface area contributed by atoms with Crippen molar-refractivity contribution >= 4 is 64.8 Å². The van der Waals surface area contributed by atoms with E-state index in [1.165, 1.54) is 16.5 Å². The second-order valence-electron chi connectivity index (χ2n) is 9.77. The van der Waals surface area contributed by atoms with Gasteiger partial charge in [-0.15, -0.1) is 22.7 Å². The monoisotopic (exact) mass is 529 g/mol. The number of hydrogen-bond donors (Lipinski definition) is 0. The first-order valence-electron chi connectivity index (χ1n) is 12.5. The van der Waals surface area contributed by atoms with E-state index < -0.39 is 0 Å². The number of nitriles is 3. The van der Waals surface area contributed by atoms with Gasteiger partial charge in [-0.25, -0.2) is 0 Å². The van der Waals surface area contributed by atoms with Crippen molar-refractivity contribution in [2.75, 3.05) is 0 Å². The predicted molar refractivity (Wildman–Crippen MR) is 160 cm³/mol. The molecule has 0 aliphatic heterocycles. The van der Waals surface area contributed by atoms with Crippen LogP contribution in [0.3, 0.4) is 0 Å². The number of hydrogen-bond acceptors (Lipinski definition) is 5. The molecule has 0 atom stereocenters. The van der Waals surface area contributed by atoms with E-state index in [1.54, 1.807) is 22.7 Å². The van der Waals surface area contributed by atoms with Gasteiger partial charge < -0.3 is 0 Å². The normalized spacial score (nSPS) is 13.9. The summed E-state index contributed by atoms with van der Waals surface area (Å²) in [5.74, 6) is 0. The molecular formula is C34H15N3S2. The zero-order chi connectivity index (χ0) is 26.4. The van der Waals surface area contributed by atoms with E-state index in [1.807, 2.05) is 19.1 Å². The SMILES string of the molecule is C/C(C#N)=C1/c2ccc3ccccc3c2-c2c1sc1c3c(sc21)C(=C(C#N)C#N)c1ccc2ccccc2c1-3. The Bertz CT molecular complexity index is 2300. The summed E-state index contributed by atoms with van der Waals surface area (Å²) < 4.78 is 2.31. The standard InChI is InChI=1S/C34H15N3S2/c1-17(14-35)25-23-12-10-18-6-2-4-8-21(18)27(23)29-31(25)38-34-30-28-22-9-5-3-7-19(22)11-13-24(28)26(20(15-36)16-37)32(30)39-33(29)34/h2-13H,1H3/b25-17+. The third-order valence-corrected chi connectivity index (χ3v) is 10.5. The second-order valence-corrected chi connectivity index (χ2v) is 11.8. The Kier molecular flexibility index (Phi) is 4.39. The van der Waals surface area contributed by atoms with Crippen LogP contribution in [0.15, 0.2) is 83.9 Å². The summed E-state index contributed by atoms with van der Waals surface area (Å²) in [5, 5.41) is 34.4. The zero-order valence-corrected chi connectivity index (χ0v) is 22.2. The van der Waals surface area contributed by atoms with Gasteiger partial charge in [0, 0.05) is 48.7 Å². The first-order chi connectivity index (χ1) is 19.2. The number of nitrogens with zero attached hydrogens (tertiary/aromatic N) is 3. The third-order valence-electron chi connectivity index (χ3n) is 7.89. The molecule has 2 aliphatic rings. The van der Waals surface area contributed by atoms with Gasteiger partial charge in [0.25, 0.3) is 0 Å². The Hall–Kier alpha value is -4.99. The average Bonchev–Trinajstić information content (AvgIpc) is 3.68. The van der Waals surface area contributed by atoms with Gasteiger partial charge >= 0.3 is 0 Å². The molecule has 3 nitrogen and oxygen atoms in total. The van der Waals surface area contributed by atoms with Crippen LogP contribution in [-0.4, -0.2) is 0 Å². The Balaban J connectivity index is 1.58. The predicted octanol–water partition coefficient (Wildman–Crippen LogP) is 9.42. The van der Waals surface area contributed by atoms with Crippen molar-refractivity contribution in [3.05, 3.63) is 105 Å². The van der Waals surface area contributed by atoms with Gasteiger partial charge in [0.15, 0.2) is 0 Å². The smallest absolute Gasteiger partial charge is 0.138 e. The molecule has 39 heavy (non-hydrogen) atoms. The van der Waals surface area contributed by atoms with Gasteiger partial charge in [-0.3, -0.25) is 0 Å². The van der Waals surface area contributed by atoms with Gasteiger partial charge in [-0.1, -0.05) is 72.8 Å². The molecule has 0 fully saturated rings. The lowest BCUT2D eigenvalue weighted by Crippen LogP contribution is -1.87. The molecule has 0 N–H and O–H groups in total. The highest BCUT2D eigenvalue weighted by atomic mass is 32.1. The Morgan fingerprint density at radius 2 is 1.05 bits per heavy atom. The number of allylic oxidation sites excluding steroid dienone is 2. The molecule has 0 spiro atoms. The van der Waals surface area contributed by atoms with E-state index >= 15 is 0 Å². The van der Waals surface area contributed by atoms with Crippen LogP contribution in [0.5, 0.6) is 0 Å². The van der Waals surface area contributed by atoms with Crippen LogP contribution in [-0.2, 0) is 0 Å². The lowest BCUT2D eigenvalue weighted by Gasteiger charge is -2.09. The van der Waals surface area contributed by atoms with Crippen molar-refractivity contribution in [3.63, 3.8) is 0 Å². The van der Waals surface area contributed by atoms with Crippen LogP contribution >= 0.6 is 22.7 Å². The van der Waals surface area contributed by atoms with Crippen LogP contribution in [0, 0.1) is 34.0 Å². The van der Waals surface area contributed by atoms with Gasteiger partial charge in [0.1, 0.15) is 17.7 Å². The summed E-state index contributed by atoms with van der Waals surface area (Å²) in [6.07, 6.45) is 0. The van der Waals surface area contributed by atoms with Crippen molar-refractivity contribution in [2.45, 2.75) is 6.92 Å². The van der Waals surface area contributed by atoms with E-state index in [9.17, 15) is 15.8 Å². The van der Waals surface area contributed by atoms with Crippen molar-refractivity contribution in [1.29, 1.82) is 15.8 Å². The largest absolute Gasteiger partial charge is 0.193 e. The van der Waals surface area contributed by atoms with Crippen LogP contribution < -0.4 is 0 Å². The topological polar surface area (TPSA) is 71.4 Å². The lowest BCUT2D eigenvalue weighted by atomic mass is 9.95. The van der Waals surface area contributed by atoms with E-state index in [0.717, 1.165) is 68.7 Å². The van der Waals surface area contributed by atoms with Gasteiger partial charge in [0.2, 0.25) is 0 Å². The fourth-order valence-electron chi connectivity index (χ4n) is 6.30. The number of rotatable bonds is 0. The molecule has 0 unspecified atom stereocenters. The third kappa shape index (κ3) is 2.67. The zero-order valence-electron chi connectivity index (χ0n) is 20.6. The molecule has 6 aromatic rings. The molecule has 8 rings (SSSR count). The van der Waals surface area contributed by atoms with Crippen LogP contribution in [0.2, 0.25) is 0 Å². The van der Waals surface area contributed by atoms with Crippen molar-refractivity contribution < 1.29 is 0 Å². The van der Waals surface area contributed by atoms with Crippen molar-refractivity contribution in [2.24, 2.45) is 0 Å². The van der Waals surface area contributed by atoms with E-state index in [2.05, 4.69) is 78.9 Å². The molecule has 2 aliphatic carbocycles. The molecule has 0 saturated carbocycles. The summed E-state index contributed by atoms with van der Waals surface area (Å²) in [6.45, 7) is 1.90. The highest BCUT2D eigenvalue weighted by molar-refractivity contribution is 7.31. The Labute approximate surface area is 232 Å². The molecule has 0 amide bonds. The van der Waals surface area contributed by atoms with Crippen molar-refractivity contribution in [3.8, 4) is 40.5 Å². The molecule has 5 heteroatoms. The summed E-state index contributed by atoms with van der Waals surface area (Å²) in [7, 11) is 0. The average molecular weight is 530 g/mol. The first kappa shape index (κ1) is 22.0. The van der Waals surface area contributed by atoms with Gasteiger partial charge in [0.05, 0.1) is 15.5 Å². The summed E-state index contributed by atoms with van der Waals surface area (Å²) in [6, 6.07) is 31.8. The van der Waals surface area contributed by atoms with E-state index in [-0.39, 0.29) is 5.57 Å². The maximum atomic E-state index is 9.97. The van der Waals surface area contributed by atoms with E-state index in [0.29, 0.717) is 5.57 Å². The van der Waals surface area contributed by atoms with Crippen molar-refractivity contribution in [1.82, 2.24) is 0 Å². The minimum absolute atomic E-state index is 0.141. The summed E-state index contributed by atoms with van der Waals surface area (Å²) >= 11 is 3.40. The molecule has 4 aromatic carbocycles. The fraction of sp³-hybridized carbons (Fsp3) is 0.0294. The molecule has 2 aromatic heterocycles. The fourth-order valence-corrected chi connectivity index (χ4v) is 9.38. The van der Waals surface area contributed by atoms with Crippen LogP contribution in [0.25, 0.3) is 64.3 Å². The summed E-state index contributed by atoms with van der Waals surface area (Å²) in [4.78, 5) is 2.11.